The first-order valence-electron chi connectivity index (χ1n) is 8.57. The summed E-state index contributed by atoms with van der Waals surface area (Å²) in [7, 11) is 0. The Labute approximate surface area is 142 Å². The summed E-state index contributed by atoms with van der Waals surface area (Å²) in [5, 5.41) is 17.8. The van der Waals surface area contributed by atoms with Gasteiger partial charge in [0.25, 0.3) is 0 Å². The summed E-state index contributed by atoms with van der Waals surface area (Å²) in [6, 6.07) is 2.20. The number of carbonyl (C=O) groups is 1. The second kappa shape index (κ2) is 6.46. The highest BCUT2D eigenvalue weighted by atomic mass is 16.5. The van der Waals surface area contributed by atoms with Crippen LogP contribution >= 0.6 is 0 Å². The van der Waals surface area contributed by atoms with Crippen molar-refractivity contribution in [2.45, 2.75) is 57.2 Å². The van der Waals surface area contributed by atoms with Crippen molar-refractivity contribution in [1.82, 2.24) is 15.4 Å². The second-order valence-electron chi connectivity index (χ2n) is 7.62. The fourth-order valence-corrected chi connectivity index (χ4v) is 3.39. The van der Waals surface area contributed by atoms with Crippen LogP contribution in [-0.4, -0.2) is 59.0 Å². The van der Waals surface area contributed by atoms with E-state index in [1.807, 2.05) is 11.0 Å². The zero-order valence-corrected chi connectivity index (χ0v) is 14.7. The van der Waals surface area contributed by atoms with Gasteiger partial charge in [0.1, 0.15) is 5.60 Å². The standard InChI is InChI=1S/C17H27N3O4/c1-12(21)20-6-4-13(5-7-20)18-17(10-23-11-17)9-14-8-15(24-19-14)16(2,3)22/h8,13,18,22H,4-7,9-11H2,1-3H3. The maximum atomic E-state index is 11.4. The Hall–Kier alpha value is -1.44. The van der Waals surface area contributed by atoms with Gasteiger partial charge in [-0.2, -0.15) is 0 Å². The molecule has 0 radical (unpaired) electrons. The average Bonchev–Trinajstić information content (AvgIpc) is 2.94. The molecule has 0 spiro atoms. The van der Waals surface area contributed by atoms with Gasteiger partial charge in [0.15, 0.2) is 5.76 Å². The smallest absolute Gasteiger partial charge is 0.219 e. The van der Waals surface area contributed by atoms with E-state index in [0.29, 0.717) is 31.4 Å². The van der Waals surface area contributed by atoms with Gasteiger partial charge in [-0.1, -0.05) is 5.16 Å². The molecule has 0 saturated carbocycles. The first kappa shape index (κ1) is 17.4. The Morgan fingerprint density at radius 1 is 1.46 bits per heavy atom. The maximum Gasteiger partial charge on any atom is 0.219 e. The van der Waals surface area contributed by atoms with Crippen LogP contribution in [0.25, 0.3) is 0 Å². The number of nitrogens with one attached hydrogen (secondary N) is 1. The van der Waals surface area contributed by atoms with Gasteiger partial charge >= 0.3 is 0 Å². The summed E-state index contributed by atoms with van der Waals surface area (Å²) in [4.78, 5) is 13.3. The Morgan fingerprint density at radius 2 is 2.12 bits per heavy atom. The van der Waals surface area contributed by atoms with Crippen molar-refractivity contribution in [2.75, 3.05) is 26.3 Å². The van der Waals surface area contributed by atoms with E-state index in [9.17, 15) is 9.90 Å². The van der Waals surface area contributed by atoms with Gasteiger partial charge in [0, 0.05) is 38.5 Å². The van der Waals surface area contributed by atoms with Crippen LogP contribution in [0.5, 0.6) is 0 Å². The van der Waals surface area contributed by atoms with Crippen LogP contribution in [0.15, 0.2) is 10.6 Å². The molecular weight excluding hydrogens is 310 g/mol. The van der Waals surface area contributed by atoms with Crippen LogP contribution in [0.3, 0.4) is 0 Å². The summed E-state index contributed by atoms with van der Waals surface area (Å²) >= 11 is 0. The number of rotatable bonds is 5. The van der Waals surface area contributed by atoms with Crippen LogP contribution in [0.2, 0.25) is 0 Å². The minimum atomic E-state index is -1.03. The van der Waals surface area contributed by atoms with Gasteiger partial charge in [-0.05, 0) is 26.7 Å². The number of hydrogen-bond donors (Lipinski definition) is 2. The number of piperidine rings is 1. The van der Waals surface area contributed by atoms with E-state index in [0.717, 1.165) is 31.6 Å². The molecule has 2 fully saturated rings. The van der Waals surface area contributed by atoms with E-state index in [4.69, 9.17) is 9.26 Å². The predicted molar refractivity (Wildman–Crippen MR) is 87.4 cm³/mol. The van der Waals surface area contributed by atoms with E-state index in [1.165, 1.54) is 0 Å². The molecule has 0 bridgehead atoms. The quantitative estimate of drug-likeness (QED) is 0.827. The number of ether oxygens (including phenoxy) is 1. The molecule has 134 valence electrons. The van der Waals surface area contributed by atoms with Crippen molar-refractivity contribution in [3.05, 3.63) is 17.5 Å². The number of aliphatic hydroxyl groups is 1. The first-order valence-corrected chi connectivity index (χ1v) is 8.57. The van der Waals surface area contributed by atoms with Crippen molar-refractivity contribution in [3.63, 3.8) is 0 Å². The van der Waals surface area contributed by atoms with Crippen LogP contribution in [0.4, 0.5) is 0 Å². The summed E-state index contributed by atoms with van der Waals surface area (Å²) in [6.45, 7) is 7.88. The molecule has 1 aromatic heterocycles. The van der Waals surface area contributed by atoms with E-state index < -0.39 is 5.60 Å². The Morgan fingerprint density at radius 3 is 2.58 bits per heavy atom. The Balaban J connectivity index is 1.59. The van der Waals surface area contributed by atoms with Crippen molar-refractivity contribution < 1.29 is 19.2 Å². The van der Waals surface area contributed by atoms with Crippen molar-refractivity contribution in [3.8, 4) is 0 Å². The van der Waals surface area contributed by atoms with Crippen LogP contribution < -0.4 is 5.32 Å². The molecule has 0 atom stereocenters. The number of nitrogens with zero attached hydrogens (tertiary/aromatic N) is 2. The molecule has 2 N–H and O–H groups in total. The largest absolute Gasteiger partial charge is 0.382 e. The maximum absolute atomic E-state index is 11.4. The minimum absolute atomic E-state index is 0.128. The van der Waals surface area contributed by atoms with Gasteiger partial charge in [-0.15, -0.1) is 0 Å². The van der Waals surface area contributed by atoms with E-state index in [1.54, 1.807) is 20.8 Å². The average molecular weight is 337 g/mol. The number of amides is 1. The SMILES string of the molecule is CC(=O)N1CCC(NC2(Cc3cc(C(C)(C)O)on3)COC2)CC1. The molecule has 2 saturated heterocycles. The highest BCUT2D eigenvalue weighted by Crippen LogP contribution is 2.27. The molecule has 7 nitrogen and oxygen atoms in total. The lowest BCUT2D eigenvalue weighted by Crippen LogP contribution is -2.65. The van der Waals surface area contributed by atoms with E-state index >= 15 is 0 Å². The van der Waals surface area contributed by atoms with Gasteiger partial charge in [0.2, 0.25) is 5.91 Å². The lowest BCUT2D eigenvalue weighted by molar-refractivity contribution is -0.130. The zero-order valence-electron chi connectivity index (χ0n) is 14.7. The number of likely N-dealkylation sites (tertiary alicyclic amines) is 1. The number of hydrogen-bond acceptors (Lipinski definition) is 6. The molecule has 24 heavy (non-hydrogen) atoms. The normalized spacial score (nSPS) is 21.6. The fraction of sp³-hybridized carbons (Fsp3) is 0.765. The van der Waals surface area contributed by atoms with Gasteiger partial charge in [-0.3, -0.25) is 4.79 Å². The van der Waals surface area contributed by atoms with Crippen molar-refractivity contribution >= 4 is 5.91 Å². The molecule has 3 heterocycles. The Kier molecular flexibility index (Phi) is 4.68. The van der Waals surface area contributed by atoms with E-state index in [-0.39, 0.29) is 11.4 Å². The molecule has 1 amide bonds. The Bertz CT molecular complexity index is 581. The molecule has 0 unspecified atom stereocenters. The summed E-state index contributed by atoms with van der Waals surface area (Å²) < 4.78 is 10.7. The van der Waals surface area contributed by atoms with Gasteiger partial charge < -0.3 is 24.6 Å². The van der Waals surface area contributed by atoms with Crippen molar-refractivity contribution in [2.24, 2.45) is 0 Å². The lowest BCUT2D eigenvalue weighted by Gasteiger charge is -2.46. The molecule has 1 aromatic rings. The van der Waals surface area contributed by atoms with Gasteiger partial charge in [-0.25, -0.2) is 0 Å². The van der Waals surface area contributed by atoms with E-state index in [2.05, 4.69) is 10.5 Å². The van der Waals surface area contributed by atoms with Gasteiger partial charge in [0.05, 0.1) is 24.4 Å². The summed E-state index contributed by atoms with van der Waals surface area (Å²) in [5.41, 5.74) is -0.331. The molecule has 7 heteroatoms. The zero-order chi connectivity index (χ0) is 17.4. The fourth-order valence-electron chi connectivity index (χ4n) is 3.39. The summed E-state index contributed by atoms with van der Waals surface area (Å²) in [5.74, 6) is 0.625. The second-order valence-corrected chi connectivity index (χ2v) is 7.62. The van der Waals surface area contributed by atoms with Crippen molar-refractivity contribution in [1.29, 1.82) is 0 Å². The topological polar surface area (TPSA) is 87.8 Å². The van der Waals surface area contributed by atoms with Crippen LogP contribution in [0.1, 0.15) is 45.1 Å². The molecule has 3 rings (SSSR count). The molecule has 0 aliphatic carbocycles. The number of aromatic nitrogens is 1. The highest BCUT2D eigenvalue weighted by Gasteiger charge is 2.42. The minimum Gasteiger partial charge on any atom is -0.382 e. The first-order chi connectivity index (χ1) is 11.3. The molecular formula is C17H27N3O4. The monoisotopic (exact) mass is 337 g/mol. The number of carbonyl (C=O) groups excluding carboxylic acids is 1. The van der Waals surface area contributed by atoms with Crippen LogP contribution in [-0.2, 0) is 21.6 Å². The highest BCUT2D eigenvalue weighted by molar-refractivity contribution is 5.73. The third kappa shape index (κ3) is 3.79. The summed E-state index contributed by atoms with van der Waals surface area (Å²) in [6.07, 6.45) is 2.61. The lowest BCUT2D eigenvalue weighted by atomic mass is 9.88. The molecule has 0 aromatic carbocycles. The third-order valence-corrected chi connectivity index (χ3v) is 4.89. The molecule has 2 aliphatic rings. The predicted octanol–water partition coefficient (Wildman–Crippen LogP) is 0.814. The van der Waals surface area contributed by atoms with Crippen LogP contribution in [0, 0.1) is 0 Å². The molecule has 2 aliphatic heterocycles. The third-order valence-electron chi connectivity index (χ3n) is 4.89.